The molecule has 0 aliphatic carbocycles. The highest BCUT2D eigenvalue weighted by Gasteiger charge is 2.23. The molecule has 2 heterocycles. The Balaban J connectivity index is 0.00000141. The molecular weight excluding hydrogens is 532 g/mol. The molecule has 3 N–H and O–H groups in total. The van der Waals surface area contributed by atoms with E-state index in [0.29, 0.717) is 36.8 Å². The van der Waals surface area contributed by atoms with Crippen molar-refractivity contribution in [2.24, 2.45) is 11.7 Å². The van der Waals surface area contributed by atoms with Gasteiger partial charge in [-0.25, -0.2) is 18.1 Å². The van der Waals surface area contributed by atoms with Gasteiger partial charge in [-0.3, -0.25) is 9.59 Å². The molecule has 1 aliphatic heterocycles. The van der Waals surface area contributed by atoms with Crippen molar-refractivity contribution in [3.63, 3.8) is 0 Å². The van der Waals surface area contributed by atoms with Gasteiger partial charge in [-0.15, -0.1) is 0 Å². The number of amides is 2. The summed E-state index contributed by atoms with van der Waals surface area (Å²) in [5, 5.41) is 0. The topological polar surface area (TPSA) is 141 Å². The third-order valence-electron chi connectivity index (χ3n) is 6.59. The van der Waals surface area contributed by atoms with E-state index >= 15 is 0 Å². The van der Waals surface area contributed by atoms with E-state index < -0.39 is 15.9 Å². The molecule has 2 amide bonds. The van der Waals surface area contributed by atoms with Crippen LogP contribution in [0.15, 0.2) is 66.9 Å². The van der Waals surface area contributed by atoms with Crippen LogP contribution in [0.4, 0.5) is 0 Å². The molecule has 2 aromatic carbocycles. The van der Waals surface area contributed by atoms with Gasteiger partial charge in [0.25, 0.3) is 5.91 Å². The Morgan fingerprint density at radius 1 is 1.12 bits per heavy atom. The normalized spacial score (nSPS) is 17.2. The van der Waals surface area contributed by atoms with Gasteiger partial charge in [0, 0.05) is 29.4 Å². The molecule has 1 aliphatic rings. The lowest BCUT2D eigenvalue weighted by Gasteiger charge is -2.34. The second-order valence-corrected chi connectivity index (χ2v) is 11.5. The minimum absolute atomic E-state index is 0.250. The van der Waals surface area contributed by atoms with Crippen molar-refractivity contribution in [1.82, 2.24) is 14.6 Å². The molecule has 10 nitrogen and oxygen atoms in total. The number of nitrogens with zero attached hydrogens (tertiary/aromatic N) is 2. The van der Waals surface area contributed by atoms with Crippen LogP contribution in [0.2, 0.25) is 0 Å². The largest absolute Gasteiger partial charge is 0.489 e. The summed E-state index contributed by atoms with van der Waals surface area (Å²) in [6, 6.07) is 18.8. The number of hydrogen-bond acceptors (Lipinski definition) is 8. The molecule has 0 saturated carbocycles. The van der Waals surface area contributed by atoms with Gasteiger partial charge in [0.15, 0.2) is 0 Å². The van der Waals surface area contributed by atoms with Gasteiger partial charge in [0.05, 0.1) is 12.9 Å². The molecule has 0 radical (unpaired) electrons. The van der Waals surface area contributed by atoms with Crippen molar-refractivity contribution in [2.75, 3.05) is 26.5 Å². The maximum absolute atomic E-state index is 11.9. The maximum Gasteiger partial charge on any atom is 0.264 e. The standard InChI is InChI=1S/C28H33N3O5S.CH3NO/c1-20-15-22(13-14-31(20)2)19-36-27-12-11-25(17-29-27)24-5-4-6-26(16-24)35-18-21-7-9-23(10-8-21)28(32)30-37(3,33)34;2-1-3/h4-12,16-17,20,22H,13-15,18-19H2,1-3H3,(H,30,32);1H,(H2,2,3). The minimum atomic E-state index is -3.61. The van der Waals surface area contributed by atoms with Crippen LogP contribution >= 0.6 is 0 Å². The van der Waals surface area contributed by atoms with E-state index in [4.69, 9.17) is 14.3 Å². The summed E-state index contributed by atoms with van der Waals surface area (Å²) >= 11 is 0. The molecule has 214 valence electrons. The molecule has 2 unspecified atom stereocenters. The van der Waals surface area contributed by atoms with Crippen LogP contribution in [0.25, 0.3) is 11.1 Å². The zero-order chi connectivity index (χ0) is 29.1. The molecule has 1 fully saturated rings. The molecule has 1 aromatic heterocycles. The first-order chi connectivity index (χ1) is 19.1. The number of hydrogen-bond donors (Lipinski definition) is 2. The van der Waals surface area contributed by atoms with Crippen LogP contribution in [-0.2, 0) is 21.4 Å². The van der Waals surface area contributed by atoms with Crippen molar-refractivity contribution >= 4 is 22.3 Å². The van der Waals surface area contributed by atoms with Gasteiger partial charge in [-0.05, 0) is 80.7 Å². The quantitative estimate of drug-likeness (QED) is 0.375. The van der Waals surface area contributed by atoms with Crippen molar-refractivity contribution in [1.29, 1.82) is 0 Å². The average molecular weight is 569 g/mol. The Bertz CT molecular complexity index is 1360. The first-order valence-electron chi connectivity index (χ1n) is 12.9. The number of aromatic nitrogens is 1. The number of sulfonamides is 1. The first kappa shape index (κ1) is 30.6. The van der Waals surface area contributed by atoms with Gasteiger partial charge in [-0.2, -0.15) is 0 Å². The summed E-state index contributed by atoms with van der Waals surface area (Å²) in [5.41, 5.74) is 7.22. The van der Waals surface area contributed by atoms with E-state index in [9.17, 15) is 13.2 Å². The van der Waals surface area contributed by atoms with E-state index in [1.54, 1.807) is 24.3 Å². The number of likely N-dealkylation sites (tertiary alicyclic amines) is 1. The highest BCUT2D eigenvalue weighted by atomic mass is 32.2. The van der Waals surface area contributed by atoms with Crippen LogP contribution in [0.5, 0.6) is 11.6 Å². The Hall–Kier alpha value is -3.96. The zero-order valence-corrected chi connectivity index (χ0v) is 23.8. The van der Waals surface area contributed by atoms with Crippen LogP contribution in [0, 0.1) is 5.92 Å². The number of primary amides is 1. The number of ether oxygens (including phenoxy) is 2. The van der Waals surface area contributed by atoms with E-state index in [1.807, 2.05) is 47.3 Å². The Labute approximate surface area is 235 Å². The fourth-order valence-electron chi connectivity index (χ4n) is 4.29. The van der Waals surface area contributed by atoms with Crippen LogP contribution in [-0.4, -0.2) is 63.1 Å². The summed E-state index contributed by atoms with van der Waals surface area (Å²) in [6.07, 6.45) is 5.29. The Kier molecular flexibility index (Phi) is 11.0. The number of carbonyl (C=O) groups is 2. The van der Waals surface area contributed by atoms with Crippen molar-refractivity contribution in [3.8, 4) is 22.8 Å². The predicted molar refractivity (Wildman–Crippen MR) is 153 cm³/mol. The molecule has 0 spiro atoms. The molecular formula is C29H36N4O6S. The fourth-order valence-corrected chi connectivity index (χ4v) is 4.74. The summed E-state index contributed by atoms with van der Waals surface area (Å²) in [4.78, 5) is 27.4. The van der Waals surface area contributed by atoms with E-state index in [2.05, 4.69) is 29.6 Å². The molecule has 40 heavy (non-hydrogen) atoms. The maximum atomic E-state index is 11.9. The summed E-state index contributed by atoms with van der Waals surface area (Å²) in [5.74, 6) is 1.23. The number of pyridine rings is 1. The van der Waals surface area contributed by atoms with Gasteiger partial charge < -0.3 is 20.1 Å². The fraction of sp³-hybridized carbons (Fsp3) is 0.345. The van der Waals surface area contributed by atoms with Crippen molar-refractivity contribution in [3.05, 3.63) is 78.0 Å². The molecule has 3 aromatic rings. The average Bonchev–Trinajstić information content (AvgIpc) is 2.93. The third kappa shape index (κ3) is 9.65. The monoisotopic (exact) mass is 568 g/mol. The molecule has 4 rings (SSSR count). The number of carbonyl (C=O) groups excluding carboxylic acids is 2. The molecule has 2 atom stereocenters. The number of nitrogens with two attached hydrogens (primary N) is 1. The van der Waals surface area contributed by atoms with Crippen molar-refractivity contribution < 1.29 is 27.5 Å². The van der Waals surface area contributed by atoms with Gasteiger partial charge >= 0.3 is 0 Å². The number of benzene rings is 2. The minimum Gasteiger partial charge on any atom is -0.489 e. The smallest absolute Gasteiger partial charge is 0.264 e. The van der Waals surface area contributed by atoms with Gasteiger partial charge in [-0.1, -0.05) is 24.3 Å². The van der Waals surface area contributed by atoms with E-state index in [1.165, 1.54) is 0 Å². The SMILES string of the molecule is CC1CC(COc2ccc(-c3cccc(OCc4ccc(C(=O)NS(C)(=O)=O)cc4)c3)cn2)CCN1C.NC=O. The number of nitrogens with one attached hydrogen (secondary N) is 1. The summed E-state index contributed by atoms with van der Waals surface area (Å²) in [6.45, 7) is 4.36. The van der Waals surface area contributed by atoms with Crippen LogP contribution < -0.4 is 19.9 Å². The lowest BCUT2D eigenvalue weighted by atomic mass is 9.93. The lowest BCUT2D eigenvalue weighted by molar-refractivity contribution is -0.106. The van der Waals surface area contributed by atoms with E-state index in [-0.39, 0.29) is 12.0 Å². The molecule has 11 heteroatoms. The summed E-state index contributed by atoms with van der Waals surface area (Å²) < 4.78 is 36.3. The number of piperidine rings is 1. The van der Waals surface area contributed by atoms with E-state index in [0.717, 1.165) is 42.3 Å². The molecule has 1 saturated heterocycles. The zero-order valence-electron chi connectivity index (χ0n) is 22.9. The van der Waals surface area contributed by atoms with Crippen LogP contribution in [0.3, 0.4) is 0 Å². The number of rotatable bonds is 9. The predicted octanol–water partition coefficient (Wildman–Crippen LogP) is 3.23. The van der Waals surface area contributed by atoms with Crippen molar-refractivity contribution in [2.45, 2.75) is 32.4 Å². The van der Waals surface area contributed by atoms with Gasteiger partial charge in [0.2, 0.25) is 22.3 Å². The first-order valence-corrected chi connectivity index (χ1v) is 14.8. The Morgan fingerprint density at radius 2 is 1.85 bits per heavy atom. The highest BCUT2D eigenvalue weighted by Crippen LogP contribution is 2.26. The second kappa shape index (κ2) is 14.4. The van der Waals surface area contributed by atoms with Crippen LogP contribution in [0.1, 0.15) is 35.7 Å². The second-order valence-electron chi connectivity index (χ2n) is 9.77. The lowest BCUT2D eigenvalue weighted by Crippen LogP contribution is -2.39. The third-order valence-corrected chi connectivity index (χ3v) is 7.14. The Morgan fingerprint density at radius 3 is 2.48 bits per heavy atom. The van der Waals surface area contributed by atoms with Gasteiger partial charge in [0.1, 0.15) is 12.4 Å². The molecule has 0 bridgehead atoms. The summed E-state index contributed by atoms with van der Waals surface area (Å²) in [7, 11) is -1.43. The highest BCUT2D eigenvalue weighted by molar-refractivity contribution is 7.89.